The van der Waals surface area contributed by atoms with E-state index in [9.17, 15) is 13.2 Å². The summed E-state index contributed by atoms with van der Waals surface area (Å²) in [5, 5.41) is 8.91. The van der Waals surface area contributed by atoms with E-state index in [1.54, 1.807) is 13.8 Å². The minimum atomic E-state index is -3.68. The summed E-state index contributed by atoms with van der Waals surface area (Å²) < 4.78 is 31.6. The molecule has 2 N–H and O–H groups in total. The van der Waals surface area contributed by atoms with Gasteiger partial charge in [0, 0.05) is 13.2 Å². The molecule has 0 aliphatic rings. The molecule has 0 saturated heterocycles. The Hall–Kier alpha value is -0.960. The zero-order valence-corrected chi connectivity index (χ0v) is 12.6. The lowest BCUT2D eigenvalue weighted by atomic mass is 10.3. The highest BCUT2D eigenvalue weighted by molar-refractivity contribution is 7.91. The summed E-state index contributed by atoms with van der Waals surface area (Å²) in [5.74, 6) is -1.12. The second-order valence-corrected chi connectivity index (χ2v) is 7.05. The topological polar surface area (TPSA) is 92.7 Å². The molecule has 1 aromatic rings. The van der Waals surface area contributed by atoms with Crippen molar-refractivity contribution in [1.82, 2.24) is 4.72 Å². The Morgan fingerprint density at radius 3 is 2.68 bits per heavy atom. The molecular weight excluding hydrogens is 290 g/mol. The number of hydrogen-bond acceptors (Lipinski definition) is 5. The Labute approximate surface area is 116 Å². The fraction of sp³-hybridized carbons (Fsp3) is 0.545. The van der Waals surface area contributed by atoms with Gasteiger partial charge in [0.25, 0.3) is 0 Å². The lowest BCUT2D eigenvalue weighted by molar-refractivity contribution is 0.0701. The van der Waals surface area contributed by atoms with E-state index in [1.807, 2.05) is 6.92 Å². The van der Waals surface area contributed by atoms with E-state index in [-0.39, 0.29) is 21.7 Å². The molecule has 8 heteroatoms. The second-order valence-electron chi connectivity index (χ2n) is 4.00. The highest BCUT2D eigenvalue weighted by Gasteiger charge is 2.22. The smallest absolute Gasteiger partial charge is 0.346 e. The first-order valence-electron chi connectivity index (χ1n) is 5.73. The number of carboxylic acids is 1. The van der Waals surface area contributed by atoms with Crippen LogP contribution in [0, 0.1) is 6.92 Å². The van der Waals surface area contributed by atoms with E-state index in [2.05, 4.69) is 4.72 Å². The number of hydrogen-bond donors (Lipinski definition) is 2. The van der Waals surface area contributed by atoms with Gasteiger partial charge in [-0.2, -0.15) is 0 Å². The van der Waals surface area contributed by atoms with Gasteiger partial charge in [-0.3, -0.25) is 0 Å². The zero-order valence-electron chi connectivity index (χ0n) is 11.0. The average molecular weight is 307 g/mol. The number of aromatic carboxylic acids is 1. The third-order valence-electron chi connectivity index (χ3n) is 2.37. The van der Waals surface area contributed by atoms with Crippen LogP contribution in [0.25, 0.3) is 0 Å². The third-order valence-corrected chi connectivity index (χ3v) is 5.49. The van der Waals surface area contributed by atoms with Crippen molar-refractivity contribution in [1.29, 1.82) is 0 Å². The molecule has 0 amide bonds. The molecule has 1 atom stereocenters. The maximum atomic E-state index is 12.0. The van der Waals surface area contributed by atoms with E-state index in [4.69, 9.17) is 9.84 Å². The van der Waals surface area contributed by atoms with Crippen molar-refractivity contribution < 1.29 is 23.1 Å². The van der Waals surface area contributed by atoms with Crippen LogP contribution in [0.2, 0.25) is 0 Å². The van der Waals surface area contributed by atoms with Crippen LogP contribution in [-0.2, 0) is 14.8 Å². The van der Waals surface area contributed by atoms with E-state index in [0.717, 1.165) is 11.3 Å². The van der Waals surface area contributed by atoms with Crippen LogP contribution < -0.4 is 4.72 Å². The highest BCUT2D eigenvalue weighted by atomic mass is 32.2. The number of thiophene rings is 1. The molecule has 6 nitrogen and oxygen atoms in total. The molecule has 0 radical (unpaired) electrons. The lowest BCUT2D eigenvalue weighted by Crippen LogP contribution is -2.31. The van der Waals surface area contributed by atoms with E-state index < -0.39 is 16.0 Å². The average Bonchev–Trinajstić information content (AvgIpc) is 2.70. The standard InChI is InChI=1S/C11H17NO5S2/c1-4-17-8(3)6-12-19(15,16)9-5-7(2)10(18-9)11(13)14/h5,8,12H,4,6H2,1-3H3,(H,13,14). The number of rotatable bonds is 7. The van der Waals surface area contributed by atoms with Crippen LogP contribution in [0.3, 0.4) is 0 Å². The van der Waals surface area contributed by atoms with Gasteiger partial charge >= 0.3 is 5.97 Å². The van der Waals surface area contributed by atoms with Gasteiger partial charge in [-0.05, 0) is 32.4 Å². The monoisotopic (exact) mass is 307 g/mol. The van der Waals surface area contributed by atoms with Crippen LogP contribution in [0.5, 0.6) is 0 Å². The van der Waals surface area contributed by atoms with Crippen LogP contribution in [-0.4, -0.2) is 38.7 Å². The molecular formula is C11H17NO5S2. The first kappa shape index (κ1) is 16.1. The number of carbonyl (C=O) groups is 1. The van der Waals surface area contributed by atoms with Crippen molar-refractivity contribution in [2.45, 2.75) is 31.1 Å². The van der Waals surface area contributed by atoms with Gasteiger partial charge in [0.05, 0.1) is 6.10 Å². The molecule has 0 spiro atoms. The quantitative estimate of drug-likeness (QED) is 0.795. The normalized spacial score (nSPS) is 13.4. The molecule has 0 saturated carbocycles. The summed E-state index contributed by atoms with van der Waals surface area (Å²) in [6.07, 6.45) is -0.236. The van der Waals surface area contributed by atoms with Crippen molar-refractivity contribution in [3.63, 3.8) is 0 Å². The molecule has 0 aliphatic carbocycles. The van der Waals surface area contributed by atoms with Gasteiger partial charge in [0.2, 0.25) is 10.0 Å². The number of aryl methyl sites for hydroxylation is 1. The minimum Gasteiger partial charge on any atom is -0.477 e. The molecule has 0 aliphatic heterocycles. The number of nitrogens with one attached hydrogen (secondary N) is 1. The van der Waals surface area contributed by atoms with Gasteiger partial charge in [-0.15, -0.1) is 11.3 Å². The van der Waals surface area contributed by atoms with Crippen LogP contribution in [0.4, 0.5) is 0 Å². The van der Waals surface area contributed by atoms with Crippen molar-refractivity contribution in [2.75, 3.05) is 13.2 Å². The predicted octanol–water partition coefficient (Wildman–Crippen LogP) is 1.46. The third kappa shape index (κ3) is 4.27. The number of sulfonamides is 1. The largest absolute Gasteiger partial charge is 0.477 e. The summed E-state index contributed by atoms with van der Waals surface area (Å²) in [5.41, 5.74) is 0.440. The molecule has 0 bridgehead atoms. The van der Waals surface area contributed by atoms with Crippen LogP contribution in [0.15, 0.2) is 10.3 Å². The summed E-state index contributed by atoms with van der Waals surface area (Å²) in [7, 11) is -3.68. The van der Waals surface area contributed by atoms with Crippen LogP contribution >= 0.6 is 11.3 Å². The molecule has 0 aromatic carbocycles. The summed E-state index contributed by atoms with van der Waals surface area (Å²) in [6.45, 7) is 5.81. The van der Waals surface area contributed by atoms with Gasteiger partial charge < -0.3 is 9.84 Å². The molecule has 1 rings (SSSR count). The van der Waals surface area contributed by atoms with Gasteiger partial charge in [-0.25, -0.2) is 17.9 Å². The van der Waals surface area contributed by atoms with Crippen molar-refractivity contribution in [2.24, 2.45) is 0 Å². The SMILES string of the molecule is CCOC(C)CNS(=O)(=O)c1cc(C)c(C(=O)O)s1. The Bertz CT molecular complexity index is 549. The number of ether oxygens (including phenoxy) is 1. The predicted molar refractivity (Wildman–Crippen MR) is 72.3 cm³/mol. The number of carboxylic acid groups (broad SMARTS) is 1. The van der Waals surface area contributed by atoms with E-state index >= 15 is 0 Å². The van der Waals surface area contributed by atoms with Crippen molar-refractivity contribution in [3.8, 4) is 0 Å². The Morgan fingerprint density at radius 2 is 2.21 bits per heavy atom. The van der Waals surface area contributed by atoms with E-state index in [0.29, 0.717) is 12.2 Å². The molecule has 108 valence electrons. The Balaban J connectivity index is 2.83. The Kier molecular flexibility index (Phi) is 5.48. The molecule has 1 heterocycles. The summed E-state index contributed by atoms with van der Waals surface area (Å²) >= 11 is 0.749. The van der Waals surface area contributed by atoms with Crippen molar-refractivity contribution in [3.05, 3.63) is 16.5 Å². The maximum absolute atomic E-state index is 12.0. The molecule has 1 aromatic heterocycles. The lowest BCUT2D eigenvalue weighted by Gasteiger charge is -2.12. The first-order valence-corrected chi connectivity index (χ1v) is 8.03. The van der Waals surface area contributed by atoms with Gasteiger partial charge in [-0.1, -0.05) is 0 Å². The fourth-order valence-corrected chi connectivity index (χ4v) is 3.98. The zero-order chi connectivity index (χ0) is 14.6. The molecule has 19 heavy (non-hydrogen) atoms. The fourth-order valence-electron chi connectivity index (χ4n) is 1.44. The van der Waals surface area contributed by atoms with Gasteiger partial charge in [0.1, 0.15) is 9.09 Å². The second kappa shape index (κ2) is 6.47. The summed E-state index contributed by atoms with van der Waals surface area (Å²) in [4.78, 5) is 10.9. The van der Waals surface area contributed by atoms with Crippen molar-refractivity contribution >= 4 is 27.3 Å². The van der Waals surface area contributed by atoms with Gasteiger partial charge in [0.15, 0.2) is 0 Å². The Morgan fingerprint density at radius 1 is 1.58 bits per heavy atom. The molecule has 0 fully saturated rings. The minimum absolute atomic E-state index is 0.00565. The van der Waals surface area contributed by atoms with E-state index in [1.165, 1.54) is 6.07 Å². The maximum Gasteiger partial charge on any atom is 0.346 e. The van der Waals surface area contributed by atoms with Crippen LogP contribution in [0.1, 0.15) is 29.1 Å². The highest BCUT2D eigenvalue weighted by Crippen LogP contribution is 2.25. The first-order chi connectivity index (χ1) is 8.77. The summed E-state index contributed by atoms with van der Waals surface area (Å²) in [6, 6.07) is 1.36. The molecule has 1 unspecified atom stereocenters.